The van der Waals surface area contributed by atoms with Gasteiger partial charge in [0.1, 0.15) is 5.82 Å². The molecule has 6 nitrogen and oxygen atoms in total. The highest BCUT2D eigenvalue weighted by Gasteiger charge is 2.22. The van der Waals surface area contributed by atoms with Crippen LogP contribution in [-0.4, -0.2) is 33.2 Å². The normalized spacial score (nSPS) is 11.6. The van der Waals surface area contributed by atoms with Crippen molar-refractivity contribution >= 4 is 27.5 Å². The highest BCUT2D eigenvalue weighted by Crippen LogP contribution is 2.36. The predicted octanol–water partition coefficient (Wildman–Crippen LogP) is 5.18. The van der Waals surface area contributed by atoms with Crippen LogP contribution in [0, 0.1) is 5.92 Å². The number of pyridine rings is 1. The number of hydrogen-bond acceptors (Lipinski definition) is 4. The van der Waals surface area contributed by atoms with Gasteiger partial charge in [0.05, 0.1) is 16.6 Å². The molecule has 0 aliphatic heterocycles. The molecule has 2 aromatic carbocycles. The fraction of sp³-hybridized carbons (Fsp3) is 0.250. The van der Waals surface area contributed by atoms with E-state index in [9.17, 15) is 4.79 Å². The molecule has 0 N–H and O–H groups in total. The molecule has 0 amide bonds. The van der Waals surface area contributed by atoms with Gasteiger partial charge in [-0.1, -0.05) is 56.3 Å². The lowest BCUT2D eigenvalue weighted by Crippen LogP contribution is -2.27. The van der Waals surface area contributed by atoms with Crippen LogP contribution in [-0.2, 0) is 13.1 Å². The Labute approximate surface area is 199 Å². The van der Waals surface area contributed by atoms with Gasteiger partial charge in [-0.3, -0.25) is 9.55 Å². The lowest BCUT2D eigenvalue weighted by Gasteiger charge is -2.17. The molecule has 5 rings (SSSR count). The maximum Gasteiger partial charge on any atom is 0.350 e. The lowest BCUT2D eigenvalue weighted by molar-refractivity contribution is 0.516. The standard InChI is InChI=1S/C28H29N5O/c1-19(2)16-33-24-18-32(17-22-10-7-9-20-8-5-6-11-23(20)22)26(21-12-14-29-15-13-21)25(24)27(31(3)4)30-28(33)34/h5-15,18-19H,16-17H2,1-4H3. The first-order valence-electron chi connectivity index (χ1n) is 11.6. The Bertz CT molecular complexity index is 1520. The van der Waals surface area contributed by atoms with E-state index >= 15 is 0 Å². The van der Waals surface area contributed by atoms with E-state index in [1.54, 1.807) is 0 Å². The van der Waals surface area contributed by atoms with Gasteiger partial charge in [-0.25, -0.2) is 4.79 Å². The van der Waals surface area contributed by atoms with Gasteiger partial charge in [-0.15, -0.1) is 0 Å². The minimum Gasteiger partial charge on any atom is -0.362 e. The summed E-state index contributed by atoms with van der Waals surface area (Å²) in [5, 5.41) is 3.43. The molecule has 0 bridgehead atoms. The van der Waals surface area contributed by atoms with Crippen LogP contribution in [0.2, 0.25) is 0 Å². The number of benzene rings is 2. The molecule has 0 fully saturated rings. The highest BCUT2D eigenvalue weighted by molar-refractivity contribution is 6.02. The van der Waals surface area contributed by atoms with Gasteiger partial charge in [0.15, 0.2) is 0 Å². The van der Waals surface area contributed by atoms with E-state index in [-0.39, 0.29) is 5.69 Å². The summed E-state index contributed by atoms with van der Waals surface area (Å²) in [6.07, 6.45) is 5.73. The zero-order valence-electron chi connectivity index (χ0n) is 20.1. The largest absolute Gasteiger partial charge is 0.362 e. The molecule has 172 valence electrons. The molecule has 0 aliphatic rings. The van der Waals surface area contributed by atoms with Crippen molar-refractivity contribution in [2.24, 2.45) is 5.92 Å². The third kappa shape index (κ3) is 3.85. The van der Waals surface area contributed by atoms with Crippen molar-refractivity contribution < 1.29 is 0 Å². The number of aromatic nitrogens is 4. The molecule has 6 heteroatoms. The predicted molar refractivity (Wildman–Crippen MR) is 139 cm³/mol. The number of anilines is 1. The number of nitrogens with zero attached hydrogens (tertiary/aromatic N) is 5. The summed E-state index contributed by atoms with van der Waals surface area (Å²) in [6, 6.07) is 18.9. The summed E-state index contributed by atoms with van der Waals surface area (Å²) >= 11 is 0. The van der Waals surface area contributed by atoms with Gasteiger partial charge < -0.3 is 9.47 Å². The maximum atomic E-state index is 13.1. The van der Waals surface area contributed by atoms with E-state index in [2.05, 4.69) is 77.0 Å². The average molecular weight is 452 g/mol. The molecular formula is C28H29N5O. The maximum absolute atomic E-state index is 13.1. The lowest BCUT2D eigenvalue weighted by atomic mass is 10.0. The molecule has 3 aromatic heterocycles. The van der Waals surface area contributed by atoms with E-state index in [0.29, 0.717) is 24.8 Å². The Balaban J connectivity index is 1.84. The van der Waals surface area contributed by atoms with Crippen molar-refractivity contribution in [3.05, 3.63) is 89.2 Å². The second-order valence-corrected chi connectivity index (χ2v) is 9.36. The van der Waals surface area contributed by atoms with Crippen LogP contribution in [0.1, 0.15) is 19.4 Å². The second-order valence-electron chi connectivity index (χ2n) is 9.36. The third-order valence-electron chi connectivity index (χ3n) is 6.15. The van der Waals surface area contributed by atoms with Crippen molar-refractivity contribution in [1.82, 2.24) is 19.1 Å². The Kier molecular flexibility index (Phi) is 5.65. The first-order chi connectivity index (χ1) is 16.4. The van der Waals surface area contributed by atoms with Crippen molar-refractivity contribution in [2.45, 2.75) is 26.9 Å². The monoisotopic (exact) mass is 451 g/mol. The smallest absolute Gasteiger partial charge is 0.350 e. The van der Waals surface area contributed by atoms with Gasteiger partial charge >= 0.3 is 5.69 Å². The van der Waals surface area contributed by atoms with Crippen molar-refractivity contribution in [1.29, 1.82) is 0 Å². The average Bonchev–Trinajstić information content (AvgIpc) is 3.20. The zero-order valence-corrected chi connectivity index (χ0v) is 20.1. The SMILES string of the molecule is CC(C)Cn1c(=O)nc(N(C)C)c2c(-c3ccncc3)n(Cc3cccc4ccccc34)cc21. The van der Waals surface area contributed by atoms with Crippen LogP contribution in [0.3, 0.4) is 0 Å². The van der Waals surface area contributed by atoms with E-state index in [1.165, 1.54) is 16.3 Å². The van der Waals surface area contributed by atoms with E-state index in [1.807, 2.05) is 48.1 Å². The minimum absolute atomic E-state index is 0.214. The van der Waals surface area contributed by atoms with Gasteiger partial charge in [0.2, 0.25) is 0 Å². The van der Waals surface area contributed by atoms with E-state index in [4.69, 9.17) is 0 Å². The van der Waals surface area contributed by atoms with E-state index in [0.717, 1.165) is 22.2 Å². The molecule has 0 radical (unpaired) electrons. The number of hydrogen-bond donors (Lipinski definition) is 0. The first-order valence-corrected chi connectivity index (χ1v) is 11.6. The number of fused-ring (bicyclic) bond motifs is 2. The molecule has 34 heavy (non-hydrogen) atoms. The van der Waals surface area contributed by atoms with Crippen molar-refractivity contribution in [3.63, 3.8) is 0 Å². The summed E-state index contributed by atoms with van der Waals surface area (Å²) in [5.41, 5.74) is 4.01. The van der Waals surface area contributed by atoms with Crippen LogP contribution < -0.4 is 10.6 Å². The van der Waals surface area contributed by atoms with Crippen molar-refractivity contribution in [2.75, 3.05) is 19.0 Å². The van der Waals surface area contributed by atoms with E-state index < -0.39 is 0 Å². The van der Waals surface area contributed by atoms with Crippen LogP contribution in [0.4, 0.5) is 5.82 Å². The van der Waals surface area contributed by atoms with Crippen molar-refractivity contribution in [3.8, 4) is 11.3 Å². The Morgan fingerprint density at radius 3 is 2.44 bits per heavy atom. The van der Waals surface area contributed by atoms with Gasteiger partial charge in [0, 0.05) is 51.3 Å². The van der Waals surface area contributed by atoms with Gasteiger partial charge in [-0.05, 0) is 34.4 Å². The fourth-order valence-corrected chi connectivity index (χ4v) is 4.70. The first kappa shape index (κ1) is 21.9. The molecular weight excluding hydrogens is 422 g/mol. The Morgan fingerprint density at radius 2 is 1.71 bits per heavy atom. The third-order valence-corrected chi connectivity index (χ3v) is 6.15. The minimum atomic E-state index is -0.214. The molecule has 0 spiro atoms. The highest BCUT2D eigenvalue weighted by atomic mass is 16.1. The quantitative estimate of drug-likeness (QED) is 0.357. The van der Waals surface area contributed by atoms with Crippen LogP contribution in [0.25, 0.3) is 32.9 Å². The Hall–Kier alpha value is -3.93. The van der Waals surface area contributed by atoms with Crippen LogP contribution >= 0.6 is 0 Å². The second kappa shape index (κ2) is 8.78. The van der Waals surface area contributed by atoms with Gasteiger partial charge in [0.25, 0.3) is 0 Å². The molecule has 0 unspecified atom stereocenters. The molecule has 0 aliphatic carbocycles. The topological polar surface area (TPSA) is 56.0 Å². The molecule has 0 saturated carbocycles. The summed E-state index contributed by atoms with van der Waals surface area (Å²) in [5.74, 6) is 1.00. The zero-order chi connectivity index (χ0) is 23.8. The summed E-state index contributed by atoms with van der Waals surface area (Å²) < 4.78 is 4.07. The van der Waals surface area contributed by atoms with Crippen LogP contribution in [0.15, 0.2) is 78.0 Å². The number of rotatable bonds is 6. The molecule has 3 heterocycles. The Morgan fingerprint density at radius 1 is 0.971 bits per heavy atom. The summed E-state index contributed by atoms with van der Waals surface area (Å²) in [7, 11) is 3.87. The fourth-order valence-electron chi connectivity index (χ4n) is 4.70. The summed E-state index contributed by atoms with van der Waals surface area (Å²) in [6.45, 7) is 5.53. The molecule has 5 aromatic rings. The molecule has 0 atom stereocenters. The summed E-state index contributed by atoms with van der Waals surface area (Å²) in [4.78, 5) is 23.8. The van der Waals surface area contributed by atoms with Crippen LogP contribution in [0.5, 0.6) is 0 Å². The van der Waals surface area contributed by atoms with Gasteiger partial charge in [-0.2, -0.15) is 4.98 Å². The molecule has 0 saturated heterocycles.